The normalized spacial score (nSPS) is 12.3. The topological polar surface area (TPSA) is 87.7 Å². The second-order valence-electron chi connectivity index (χ2n) is 3.45. The smallest absolute Gasteiger partial charge is 0.326 e. The van der Waals surface area contributed by atoms with E-state index in [0.717, 1.165) is 0 Å². The number of carboxylic acids is 1. The van der Waals surface area contributed by atoms with Crippen LogP contribution in [0.15, 0.2) is 0 Å². The molecule has 1 atom stereocenters. The van der Waals surface area contributed by atoms with Crippen molar-refractivity contribution in [3.8, 4) is 0 Å². The van der Waals surface area contributed by atoms with Crippen molar-refractivity contribution >= 4 is 12.0 Å². The summed E-state index contributed by atoms with van der Waals surface area (Å²) in [5.74, 6) is -1.19. The van der Waals surface area contributed by atoms with E-state index in [1.807, 2.05) is 0 Å². The Labute approximate surface area is 89.0 Å². The molecule has 0 aromatic rings. The van der Waals surface area contributed by atoms with E-state index in [1.54, 1.807) is 13.8 Å². The van der Waals surface area contributed by atoms with Gasteiger partial charge in [0.2, 0.25) is 0 Å². The number of aliphatic carboxylic acids is 1. The van der Waals surface area contributed by atoms with Gasteiger partial charge in [-0.15, -0.1) is 0 Å². The van der Waals surface area contributed by atoms with Gasteiger partial charge in [0, 0.05) is 13.7 Å². The van der Waals surface area contributed by atoms with E-state index in [9.17, 15) is 9.59 Å². The molecular formula is C9H18N2O4. The number of ether oxygens (including phenoxy) is 1. The molecule has 0 aromatic heterocycles. The maximum atomic E-state index is 11.2. The third kappa shape index (κ3) is 5.90. The zero-order valence-corrected chi connectivity index (χ0v) is 9.24. The summed E-state index contributed by atoms with van der Waals surface area (Å²) in [4.78, 5) is 21.9. The zero-order valence-electron chi connectivity index (χ0n) is 9.24. The minimum absolute atomic E-state index is 0.157. The number of urea groups is 1. The maximum absolute atomic E-state index is 11.2. The number of hydrogen-bond donors (Lipinski definition) is 3. The highest BCUT2D eigenvalue weighted by Crippen LogP contribution is 2.00. The first-order valence-corrected chi connectivity index (χ1v) is 4.75. The number of amides is 2. The van der Waals surface area contributed by atoms with E-state index < -0.39 is 18.0 Å². The molecule has 0 unspecified atom stereocenters. The van der Waals surface area contributed by atoms with Crippen molar-refractivity contribution in [2.24, 2.45) is 5.92 Å². The molecule has 0 saturated carbocycles. The van der Waals surface area contributed by atoms with Crippen LogP contribution in [0.25, 0.3) is 0 Å². The molecule has 0 bridgehead atoms. The van der Waals surface area contributed by atoms with Gasteiger partial charge in [-0.3, -0.25) is 0 Å². The Bertz CT molecular complexity index is 218. The molecule has 0 radical (unpaired) electrons. The van der Waals surface area contributed by atoms with Gasteiger partial charge in [-0.05, 0) is 5.92 Å². The fourth-order valence-electron chi connectivity index (χ4n) is 0.972. The molecule has 0 spiro atoms. The van der Waals surface area contributed by atoms with Crippen LogP contribution in [0.2, 0.25) is 0 Å². The molecule has 88 valence electrons. The Morgan fingerprint density at radius 2 is 2.00 bits per heavy atom. The van der Waals surface area contributed by atoms with Gasteiger partial charge < -0.3 is 20.5 Å². The van der Waals surface area contributed by atoms with Gasteiger partial charge in [-0.2, -0.15) is 0 Å². The predicted octanol–water partition coefficient (Wildman–Crippen LogP) is 0.0412. The van der Waals surface area contributed by atoms with Crippen molar-refractivity contribution < 1.29 is 19.4 Å². The summed E-state index contributed by atoms with van der Waals surface area (Å²) >= 11 is 0. The van der Waals surface area contributed by atoms with Crippen molar-refractivity contribution in [1.82, 2.24) is 10.6 Å². The Morgan fingerprint density at radius 3 is 2.40 bits per heavy atom. The predicted molar refractivity (Wildman–Crippen MR) is 54.7 cm³/mol. The third-order valence-electron chi connectivity index (χ3n) is 1.81. The third-order valence-corrected chi connectivity index (χ3v) is 1.81. The van der Waals surface area contributed by atoms with Crippen LogP contribution in [0.1, 0.15) is 13.8 Å². The van der Waals surface area contributed by atoms with Gasteiger partial charge in [0.15, 0.2) is 0 Å². The number of methoxy groups -OCH3 is 1. The lowest BCUT2D eigenvalue weighted by Gasteiger charge is -2.18. The monoisotopic (exact) mass is 218 g/mol. The van der Waals surface area contributed by atoms with Gasteiger partial charge in [0.25, 0.3) is 0 Å². The van der Waals surface area contributed by atoms with Crippen LogP contribution in [0.3, 0.4) is 0 Å². The van der Waals surface area contributed by atoms with Gasteiger partial charge in [-0.1, -0.05) is 13.8 Å². The van der Waals surface area contributed by atoms with Crippen LogP contribution in [0.5, 0.6) is 0 Å². The first kappa shape index (κ1) is 13.7. The average Bonchev–Trinajstić information content (AvgIpc) is 2.13. The van der Waals surface area contributed by atoms with Crippen LogP contribution in [-0.2, 0) is 9.53 Å². The van der Waals surface area contributed by atoms with Crippen molar-refractivity contribution in [1.29, 1.82) is 0 Å². The first-order chi connectivity index (χ1) is 6.99. The second kappa shape index (κ2) is 7.05. The molecule has 0 aliphatic rings. The summed E-state index contributed by atoms with van der Waals surface area (Å²) in [6, 6.07) is -1.36. The summed E-state index contributed by atoms with van der Waals surface area (Å²) in [6.07, 6.45) is 0. The summed E-state index contributed by atoms with van der Waals surface area (Å²) in [6.45, 7) is 4.21. The molecule has 2 amide bonds. The summed E-state index contributed by atoms with van der Waals surface area (Å²) in [5.41, 5.74) is 0. The molecule has 15 heavy (non-hydrogen) atoms. The van der Waals surface area contributed by atoms with Crippen molar-refractivity contribution in [3.05, 3.63) is 0 Å². The lowest BCUT2D eigenvalue weighted by atomic mass is 10.1. The van der Waals surface area contributed by atoms with Gasteiger partial charge in [-0.25, -0.2) is 9.59 Å². The second-order valence-corrected chi connectivity index (χ2v) is 3.45. The Morgan fingerprint density at radius 1 is 1.40 bits per heavy atom. The van der Waals surface area contributed by atoms with Gasteiger partial charge in [0.1, 0.15) is 6.04 Å². The summed E-state index contributed by atoms with van der Waals surface area (Å²) in [7, 11) is 1.52. The van der Waals surface area contributed by atoms with E-state index >= 15 is 0 Å². The van der Waals surface area contributed by atoms with E-state index in [0.29, 0.717) is 13.2 Å². The molecule has 0 fully saturated rings. The summed E-state index contributed by atoms with van der Waals surface area (Å²) < 4.78 is 4.73. The number of rotatable bonds is 6. The van der Waals surface area contributed by atoms with Crippen molar-refractivity contribution in [2.45, 2.75) is 19.9 Å². The maximum Gasteiger partial charge on any atom is 0.326 e. The Balaban J connectivity index is 3.95. The SMILES string of the molecule is COCCNC(=O)N[C@@H](C(=O)O)C(C)C. The highest BCUT2D eigenvalue weighted by atomic mass is 16.5. The van der Waals surface area contributed by atoms with Crippen LogP contribution in [0, 0.1) is 5.92 Å². The minimum atomic E-state index is -1.04. The van der Waals surface area contributed by atoms with E-state index in [4.69, 9.17) is 9.84 Å². The molecule has 0 aromatic carbocycles. The molecular weight excluding hydrogens is 200 g/mol. The molecule has 0 saturated heterocycles. The molecule has 6 nitrogen and oxygen atoms in total. The zero-order chi connectivity index (χ0) is 11.8. The molecule has 0 rings (SSSR count). The average molecular weight is 218 g/mol. The molecule has 6 heteroatoms. The van der Waals surface area contributed by atoms with Crippen molar-refractivity contribution in [2.75, 3.05) is 20.3 Å². The standard InChI is InChI=1S/C9H18N2O4/c1-6(2)7(8(12)13)11-9(14)10-4-5-15-3/h6-7H,4-5H2,1-3H3,(H,12,13)(H2,10,11,14)/t7-/m1/s1. The number of hydrogen-bond acceptors (Lipinski definition) is 3. The van der Waals surface area contributed by atoms with E-state index in [-0.39, 0.29) is 5.92 Å². The van der Waals surface area contributed by atoms with Crippen LogP contribution in [0.4, 0.5) is 4.79 Å². The van der Waals surface area contributed by atoms with E-state index in [2.05, 4.69) is 10.6 Å². The quantitative estimate of drug-likeness (QED) is 0.549. The number of carboxylic acid groups (broad SMARTS) is 1. The molecule has 3 N–H and O–H groups in total. The largest absolute Gasteiger partial charge is 0.480 e. The van der Waals surface area contributed by atoms with Crippen LogP contribution in [-0.4, -0.2) is 43.4 Å². The van der Waals surface area contributed by atoms with Crippen LogP contribution >= 0.6 is 0 Å². The van der Waals surface area contributed by atoms with Crippen molar-refractivity contribution in [3.63, 3.8) is 0 Å². The fourth-order valence-corrected chi connectivity index (χ4v) is 0.972. The molecule has 0 aliphatic carbocycles. The molecule has 0 heterocycles. The lowest BCUT2D eigenvalue weighted by molar-refractivity contribution is -0.140. The highest BCUT2D eigenvalue weighted by molar-refractivity contribution is 5.82. The van der Waals surface area contributed by atoms with E-state index in [1.165, 1.54) is 7.11 Å². The van der Waals surface area contributed by atoms with Gasteiger partial charge >= 0.3 is 12.0 Å². The highest BCUT2D eigenvalue weighted by Gasteiger charge is 2.22. The number of carbonyl (C=O) groups is 2. The summed E-state index contributed by atoms with van der Waals surface area (Å²) in [5, 5.41) is 13.7. The Hall–Kier alpha value is -1.30. The Kier molecular flexibility index (Phi) is 6.44. The number of nitrogens with one attached hydrogen (secondary N) is 2. The van der Waals surface area contributed by atoms with Gasteiger partial charge in [0.05, 0.1) is 6.61 Å². The fraction of sp³-hybridized carbons (Fsp3) is 0.778. The molecule has 0 aliphatic heterocycles. The minimum Gasteiger partial charge on any atom is -0.480 e. The lowest BCUT2D eigenvalue weighted by Crippen LogP contribution is -2.49. The van der Waals surface area contributed by atoms with Crippen LogP contribution < -0.4 is 10.6 Å². The number of carbonyl (C=O) groups excluding carboxylic acids is 1. The first-order valence-electron chi connectivity index (χ1n) is 4.75.